The highest BCUT2D eigenvalue weighted by molar-refractivity contribution is 4.54. The Labute approximate surface area is 77.5 Å². The van der Waals surface area contributed by atoms with Gasteiger partial charge in [-0.15, -0.1) is 0 Å². The van der Waals surface area contributed by atoms with Crippen molar-refractivity contribution in [3.8, 4) is 0 Å². The van der Waals surface area contributed by atoms with E-state index in [1.165, 1.54) is 32.1 Å². The number of rotatable bonds is 7. The Hall–Kier alpha value is -0.0400. The first kappa shape index (κ1) is 12.0. The molecule has 0 aliphatic heterocycles. The molecule has 0 saturated carbocycles. The molecule has 1 heteroatoms. The lowest BCUT2D eigenvalue weighted by atomic mass is 10.0. The summed E-state index contributed by atoms with van der Waals surface area (Å²) in [5, 5.41) is 0. The van der Waals surface area contributed by atoms with E-state index in [0.717, 1.165) is 5.92 Å². The molecule has 0 aromatic carbocycles. The second kappa shape index (κ2) is 7.60. The summed E-state index contributed by atoms with van der Waals surface area (Å²) in [6.45, 7) is 6.74. The summed E-state index contributed by atoms with van der Waals surface area (Å²) in [7, 11) is 1.79. The summed E-state index contributed by atoms with van der Waals surface area (Å²) in [6.07, 6.45) is 7.05. The Morgan fingerprint density at radius 1 is 1.08 bits per heavy atom. The smallest absolute Gasteiger partial charge is 0.0543 e. The van der Waals surface area contributed by atoms with Crippen LogP contribution in [0.2, 0.25) is 0 Å². The van der Waals surface area contributed by atoms with Crippen molar-refractivity contribution in [2.24, 2.45) is 5.92 Å². The van der Waals surface area contributed by atoms with Crippen LogP contribution in [0.25, 0.3) is 0 Å². The van der Waals surface area contributed by atoms with E-state index in [9.17, 15) is 0 Å². The summed E-state index contributed by atoms with van der Waals surface area (Å²) in [6, 6.07) is 0. The van der Waals surface area contributed by atoms with Crippen molar-refractivity contribution in [2.45, 2.75) is 59.0 Å². The van der Waals surface area contributed by atoms with E-state index in [-0.39, 0.29) is 0 Å². The molecule has 0 radical (unpaired) electrons. The first-order valence-electron chi connectivity index (χ1n) is 5.23. The molecule has 12 heavy (non-hydrogen) atoms. The van der Waals surface area contributed by atoms with Crippen molar-refractivity contribution in [1.82, 2.24) is 0 Å². The van der Waals surface area contributed by atoms with Gasteiger partial charge in [-0.05, 0) is 19.3 Å². The van der Waals surface area contributed by atoms with Crippen LogP contribution in [0.5, 0.6) is 0 Å². The van der Waals surface area contributed by atoms with Crippen LogP contribution in [0.3, 0.4) is 0 Å². The monoisotopic (exact) mass is 172 g/mol. The second-order valence-electron chi connectivity index (χ2n) is 3.84. The SMILES string of the molecule is CCC(C)CCCCC(C)OC. The maximum absolute atomic E-state index is 5.18. The van der Waals surface area contributed by atoms with E-state index < -0.39 is 0 Å². The van der Waals surface area contributed by atoms with Gasteiger partial charge in [0.25, 0.3) is 0 Å². The minimum absolute atomic E-state index is 0.446. The topological polar surface area (TPSA) is 9.23 Å². The molecule has 0 amide bonds. The Morgan fingerprint density at radius 3 is 2.17 bits per heavy atom. The van der Waals surface area contributed by atoms with E-state index in [1.807, 2.05) is 0 Å². The molecule has 0 N–H and O–H groups in total. The number of methoxy groups -OCH3 is 1. The zero-order chi connectivity index (χ0) is 9.40. The number of hydrogen-bond acceptors (Lipinski definition) is 1. The lowest BCUT2D eigenvalue weighted by Gasteiger charge is -2.10. The van der Waals surface area contributed by atoms with Crippen LogP contribution in [0, 0.1) is 5.92 Å². The molecule has 0 spiro atoms. The molecule has 0 aromatic heterocycles. The molecular formula is C11H24O. The van der Waals surface area contributed by atoms with Gasteiger partial charge < -0.3 is 4.74 Å². The second-order valence-corrected chi connectivity index (χ2v) is 3.84. The van der Waals surface area contributed by atoms with Gasteiger partial charge in [0, 0.05) is 7.11 Å². The molecule has 2 unspecified atom stereocenters. The van der Waals surface area contributed by atoms with Crippen molar-refractivity contribution >= 4 is 0 Å². The summed E-state index contributed by atoms with van der Waals surface area (Å²) >= 11 is 0. The highest BCUT2D eigenvalue weighted by Gasteiger charge is 2.01. The molecule has 0 bridgehead atoms. The Bertz CT molecular complexity index is 79.0. The minimum atomic E-state index is 0.446. The van der Waals surface area contributed by atoms with Gasteiger partial charge in [-0.1, -0.05) is 39.5 Å². The predicted molar refractivity (Wildman–Crippen MR) is 54.4 cm³/mol. The molecule has 0 aliphatic carbocycles. The quantitative estimate of drug-likeness (QED) is 0.533. The van der Waals surface area contributed by atoms with E-state index in [1.54, 1.807) is 7.11 Å². The third-order valence-electron chi connectivity index (χ3n) is 2.66. The summed E-state index contributed by atoms with van der Waals surface area (Å²) in [4.78, 5) is 0. The molecule has 0 aliphatic rings. The lowest BCUT2D eigenvalue weighted by molar-refractivity contribution is 0.108. The van der Waals surface area contributed by atoms with Crippen LogP contribution in [-0.2, 0) is 4.74 Å². The van der Waals surface area contributed by atoms with Crippen LogP contribution >= 0.6 is 0 Å². The fourth-order valence-corrected chi connectivity index (χ4v) is 1.25. The number of ether oxygens (including phenoxy) is 1. The molecule has 0 fully saturated rings. The molecule has 2 atom stereocenters. The first-order valence-corrected chi connectivity index (χ1v) is 5.23. The van der Waals surface area contributed by atoms with E-state index >= 15 is 0 Å². The molecular weight excluding hydrogens is 148 g/mol. The van der Waals surface area contributed by atoms with Gasteiger partial charge in [0.15, 0.2) is 0 Å². The maximum Gasteiger partial charge on any atom is 0.0543 e. The van der Waals surface area contributed by atoms with Gasteiger partial charge in [-0.3, -0.25) is 0 Å². The molecule has 1 nitrogen and oxygen atoms in total. The van der Waals surface area contributed by atoms with Crippen LogP contribution in [0.15, 0.2) is 0 Å². The average Bonchev–Trinajstić information content (AvgIpc) is 2.11. The average molecular weight is 172 g/mol. The largest absolute Gasteiger partial charge is 0.382 e. The van der Waals surface area contributed by atoms with Crippen LogP contribution in [-0.4, -0.2) is 13.2 Å². The van der Waals surface area contributed by atoms with Gasteiger partial charge in [-0.2, -0.15) is 0 Å². The van der Waals surface area contributed by atoms with Crippen molar-refractivity contribution in [2.75, 3.05) is 7.11 Å². The van der Waals surface area contributed by atoms with E-state index in [0.29, 0.717) is 6.10 Å². The summed E-state index contributed by atoms with van der Waals surface area (Å²) in [5.41, 5.74) is 0. The highest BCUT2D eigenvalue weighted by atomic mass is 16.5. The van der Waals surface area contributed by atoms with Gasteiger partial charge in [-0.25, -0.2) is 0 Å². The first-order chi connectivity index (χ1) is 5.70. The Morgan fingerprint density at radius 2 is 1.67 bits per heavy atom. The zero-order valence-electron chi connectivity index (χ0n) is 9.10. The molecule has 0 saturated heterocycles. The highest BCUT2D eigenvalue weighted by Crippen LogP contribution is 2.13. The molecule has 0 heterocycles. The number of hydrogen-bond donors (Lipinski definition) is 0. The maximum atomic E-state index is 5.18. The normalized spacial score (nSPS) is 16.0. The molecule has 74 valence electrons. The Balaban J connectivity index is 3.10. The Kier molecular flexibility index (Phi) is 7.58. The van der Waals surface area contributed by atoms with Crippen molar-refractivity contribution in [3.05, 3.63) is 0 Å². The number of unbranched alkanes of at least 4 members (excludes halogenated alkanes) is 1. The van der Waals surface area contributed by atoms with Gasteiger partial charge in [0.2, 0.25) is 0 Å². The molecule has 0 rings (SSSR count). The van der Waals surface area contributed by atoms with Crippen molar-refractivity contribution in [3.63, 3.8) is 0 Å². The van der Waals surface area contributed by atoms with Gasteiger partial charge in [0.05, 0.1) is 6.10 Å². The fraction of sp³-hybridized carbons (Fsp3) is 1.00. The van der Waals surface area contributed by atoms with Gasteiger partial charge >= 0.3 is 0 Å². The van der Waals surface area contributed by atoms with E-state index in [4.69, 9.17) is 4.74 Å². The summed E-state index contributed by atoms with van der Waals surface area (Å²) < 4.78 is 5.18. The van der Waals surface area contributed by atoms with Crippen molar-refractivity contribution < 1.29 is 4.74 Å². The van der Waals surface area contributed by atoms with Crippen LogP contribution in [0.1, 0.15) is 52.9 Å². The minimum Gasteiger partial charge on any atom is -0.382 e. The third kappa shape index (κ3) is 6.66. The lowest BCUT2D eigenvalue weighted by Crippen LogP contribution is -2.04. The van der Waals surface area contributed by atoms with Crippen molar-refractivity contribution in [1.29, 1.82) is 0 Å². The predicted octanol–water partition coefficient (Wildman–Crippen LogP) is 3.63. The zero-order valence-corrected chi connectivity index (χ0v) is 9.10. The van der Waals surface area contributed by atoms with Gasteiger partial charge in [0.1, 0.15) is 0 Å². The van der Waals surface area contributed by atoms with Crippen LogP contribution in [0.4, 0.5) is 0 Å². The third-order valence-corrected chi connectivity index (χ3v) is 2.66. The molecule has 0 aromatic rings. The van der Waals surface area contributed by atoms with Crippen LogP contribution < -0.4 is 0 Å². The summed E-state index contributed by atoms with van der Waals surface area (Å²) in [5.74, 6) is 0.905. The fourth-order valence-electron chi connectivity index (χ4n) is 1.25. The standard InChI is InChI=1S/C11H24O/c1-5-10(2)8-6-7-9-11(3)12-4/h10-11H,5-9H2,1-4H3. The van der Waals surface area contributed by atoms with E-state index in [2.05, 4.69) is 20.8 Å².